The number of nitrogens with one attached hydrogen (secondary N) is 2. The summed E-state index contributed by atoms with van der Waals surface area (Å²) < 4.78 is 12.4. The van der Waals surface area contributed by atoms with Crippen LogP contribution in [0, 0.1) is 0 Å². The third kappa shape index (κ3) is 4.56. The van der Waals surface area contributed by atoms with E-state index in [2.05, 4.69) is 44.2 Å². The van der Waals surface area contributed by atoms with Crippen molar-refractivity contribution < 1.29 is 9.47 Å². The minimum absolute atomic E-state index is 0.671. The highest BCUT2D eigenvalue weighted by molar-refractivity contribution is 9.10. The number of hydrogen-bond donors (Lipinski definition) is 2. The van der Waals surface area contributed by atoms with E-state index in [0.717, 1.165) is 57.8 Å². The van der Waals surface area contributed by atoms with Gasteiger partial charge in [0.1, 0.15) is 5.82 Å². The van der Waals surface area contributed by atoms with E-state index in [1.54, 1.807) is 7.11 Å². The molecule has 2 N–H and O–H groups in total. The van der Waals surface area contributed by atoms with Gasteiger partial charge in [-0.3, -0.25) is 0 Å². The monoisotopic (exact) mass is 417 g/mol. The molecule has 2 aromatic carbocycles. The van der Waals surface area contributed by atoms with Crippen LogP contribution in [0.4, 0.5) is 0 Å². The van der Waals surface area contributed by atoms with E-state index in [9.17, 15) is 0 Å². The second-order valence-corrected chi connectivity index (χ2v) is 6.99. The predicted octanol–water partition coefficient (Wildman–Crippen LogP) is 4.46. The summed E-state index contributed by atoms with van der Waals surface area (Å²) in [5, 5.41) is 3.47. The number of hydrogen-bond acceptors (Lipinski definition) is 4. The molecule has 0 unspecified atom stereocenters. The van der Waals surface area contributed by atoms with Crippen LogP contribution in [0.1, 0.15) is 24.7 Å². The molecule has 26 heavy (non-hydrogen) atoms. The van der Waals surface area contributed by atoms with Gasteiger partial charge in [0.05, 0.1) is 24.8 Å². The van der Waals surface area contributed by atoms with Gasteiger partial charge in [0, 0.05) is 29.5 Å². The lowest BCUT2D eigenvalue weighted by molar-refractivity contribution is 0.290. The van der Waals surface area contributed by atoms with Crippen molar-refractivity contribution in [3.8, 4) is 11.5 Å². The molecule has 5 nitrogen and oxygen atoms in total. The SMILES string of the molecule is CCCOc1c(CNCCc2nc3ccccc3[nH]2)cc(Br)cc1OC. The Morgan fingerprint density at radius 1 is 1.23 bits per heavy atom. The Kier molecular flexibility index (Phi) is 6.52. The molecule has 0 aliphatic carbocycles. The Morgan fingerprint density at radius 3 is 2.85 bits per heavy atom. The molecule has 138 valence electrons. The number of aromatic nitrogens is 2. The topological polar surface area (TPSA) is 59.2 Å². The number of methoxy groups -OCH3 is 1. The van der Waals surface area contributed by atoms with Gasteiger partial charge in [0.25, 0.3) is 0 Å². The van der Waals surface area contributed by atoms with Gasteiger partial charge in [-0.25, -0.2) is 4.98 Å². The largest absolute Gasteiger partial charge is 0.493 e. The predicted molar refractivity (Wildman–Crippen MR) is 108 cm³/mol. The lowest BCUT2D eigenvalue weighted by Gasteiger charge is -2.16. The van der Waals surface area contributed by atoms with Gasteiger partial charge in [0.2, 0.25) is 0 Å². The molecular formula is C20H24BrN3O2. The van der Waals surface area contributed by atoms with Crippen LogP contribution in [0.3, 0.4) is 0 Å². The molecule has 6 heteroatoms. The van der Waals surface area contributed by atoms with Crippen LogP contribution in [0.25, 0.3) is 11.0 Å². The van der Waals surface area contributed by atoms with Crippen LogP contribution in [-0.2, 0) is 13.0 Å². The summed E-state index contributed by atoms with van der Waals surface area (Å²) in [5.41, 5.74) is 3.17. The van der Waals surface area contributed by atoms with Crippen molar-refractivity contribution in [1.82, 2.24) is 15.3 Å². The van der Waals surface area contributed by atoms with Gasteiger partial charge in [-0.05, 0) is 30.7 Å². The van der Waals surface area contributed by atoms with Crippen molar-refractivity contribution in [1.29, 1.82) is 0 Å². The number of aromatic amines is 1. The number of ether oxygens (including phenoxy) is 2. The van der Waals surface area contributed by atoms with E-state index in [1.165, 1.54) is 0 Å². The first-order valence-corrected chi connectivity index (χ1v) is 9.64. The van der Waals surface area contributed by atoms with Crippen molar-refractivity contribution in [2.75, 3.05) is 20.3 Å². The van der Waals surface area contributed by atoms with E-state index in [-0.39, 0.29) is 0 Å². The fourth-order valence-electron chi connectivity index (χ4n) is 2.83. The maximum Gasteiger partial charge on any atom is 0.165 e. The number of H-pyrrole nitrogens is 1. The molecule has 0 radical (unpaired) electrons. The molecule has 0 aliphatic rings. The molecule has 3 aromatic rings. The van der Waals surface area contributed by atoms with E-state index in [4.69, 9.17) is 9.47 Å². The first-order chi connectivity index (χ1) is 12.7. The number of nitrogens with zero attached hydrogens (tertiary/aromatic N) is 1. The third-order valence-electron chi connectivity index (χ3n) is 4.06. The molecule has 1 heterocycles. The Morgan fingerprint density at radius 2 is 2.08 bits per heavy atom. The summed E-state index contributed by atoms with van der Waals surface area (Å²) >= 11 is 3.54. The van der Waals surface area contributed by atoms with Crippen LogP contribution in [0.5, 0.6) is 11.5 Å². The van der Waals surface area contributed by atoms with E-state index in [1.807, 2.05) is 30.3 Å². The molecule has 1 aromatic heterocycles. The molecule has 0 saturated heterocycles. The second-order valence-electron chi connectivity index (χ2n) is 6.07. The number of para-hydroxylation sites is 2. The number of fused-ring (bicyclic) bond motifs is 1. The molecular weight excluding hydrogens is 394 g/mol. The van der Waals surface area contributed by atoms with Crippen LogP contribution in [0.15, 0.2) is 40.9 Å². The summed E-state index contributed by atoms with van der Waals surface area (Å²) in [7, 11) is 1.67. The molecule has 0 bridgehead atoms. The smallest absolute Gasteiger partial charge is 0.165 e. The first kappa shape index (κ1) is 18.7. The highest BCUT2D eigenvalue weighted by atomic mass is 79.9. The zero-order valence-corrected chi connectivity index (χ0v) is 16.7. The Labute approximate surface area is 162 Å². The van der Waals surface area contributed by atoms with E-state index >= 15 is 0 Å². The molecule has 0 amide bonds. The number of benzene rings is 2. The highest BCUT2D eigenvalue weighted by Gasteiger charge is 2.12. The highest BCUT2D eigenvalue weighted by Crippen LogP contribution is 2.35. The Bertz CT molecular complexity index is 830. The van der Waals surface area contributed by atoms with Crippen molar-refractivity contribution in [2.24, 2.45) is 0 Å². The average molecular weight is 418 g/mol. The molecule has 3 rings (SSSR count). The Balaban J connectivity index is 1.62. The first-order valence-electron chi connectivity index (χ1n) is 8.84. The van der Waals surface area contributed by atoms with Crippen LogP contribution in [0.2, 0.25) is 0 Å². The van der Waals surface area contributed by atoms with Crippen molar-refractivity contribution >= 4 is 27.0 Å². The fourth-order valence-corrected chi connectivity index (χ4v) is 3.31. The number of imidazole rings is 1. The summed E-state index contributed by atoms with van der Waals surface area (Å²) in [6.07, 6.45) is 1.79. The fraction of sp³-hybridized carbons (Fsp3) is 0.350. The van der Waals surface area contributed by atoms with Crippen molar-refractivity contribution in [3.63, 3.8) is 0 Å². The van der Waals surface area contributed by atoms with E-state index in [0.29, 0.717) is 13.2 Å². The minimum atomic E-state index is 0.671. The van der Waals surface area contributed by atoms with Crippen LogP contribution in [-0.4, -0.2) is 30.2 Å². The molecule has 0 fully saturated rings. The minimum Gasteiger partial charge on any atom is -0.493 e. The van der Waals surface area contributed by atoms with Gasteiger partial charge in [0.15, 0.2) is 11.5 Å². The van der Waals surface area contributed by atoms with Gasteiger partial charge in [-0.1, -0.05) is 35.0 Å². The summed E-state index contributed by atoms with van der Waals surface area (Å²) in [6, 6.07) is 12.1. The molecule has 0 spiro atoms. The number of rotatable bonds is 9. The maximum atomic E-state index is 5.91. The van der Waals surface area contributed by atoms with Gasteiger partial charge in [-0.15, -0.1) is 0 Å². The van der Waals surface area contributed by atoms with Gasteiger partial charge < -0.3 is 19.8 Å². The average Bonchev–Trinajstić information content (AvgIpc) is 3.06. The lowest BCUT2D eigenvalue weighted by Crippen LogP contribution is -2.18. The van der Waals surface area contributed by atoms with E-state index < -0.39 is 0 Å². The third-order valence-corrected chi connectivity index (χ3v) is 4.52. The maximum absolute atomic E-state index is 5.91. The Hall–Kier alpha value is -2.05. The molecule has 0 atom stereocenters. The van der Waals surface area contributed by atoms with Crippen molar-refractivity contribution in [2.45, 2.75) is 26.3 Å². The second kappa shape index (κ2) is 9.05. The van der Waals surface area contributed by atoms with Crippen molar-refractivity contribution in [3.05, 3.63) is 52.3 Å². The lowest BCUT2D eigenvalue weighted by atomic mass is 10.1. The molecule has 0 aliphatic heterocycles. The van der Waals surface area contributed by atoms with Gasteiger partial charge in [-0.2, -0.15) is 0 Å². The normalized spacial score (nSPS) is 11.0. The zero-order valence-electron chi connectivity index (χ0n) is 15.1. The zero-order chi connectivity index (χ0) is 18.4. The quantitative estimate of drug-likeness (QED) is 0.504. The summed E-state index contributed by atoms with van der Waals surface area (Å²) in [4.78, 5) is 7.97. The van der Waals surface area contributed by atoms with Crippen LogP contribution < -0.4 is 14.8 Å². The van der Waals surface area contributed by atoms with Crippen LogP contribution >= 0.6 is 15.9 Å². The summed E-state index contributed by atoms with van der Waals surface area (Å²) in [5.74, 6) is 2.56. The standard InChI is InChI=1S/C20H24BrN3O2/c1-3-10-26-20-14(11-15(21)12-18(20)25-2)13-22-9-8-19-23-16-6-4-5-7-17(16)24-19/h4-7,11-12,22H,3,8-10,13H2,1-2H3,(H,23,24). The molecule has 0 saturated carbocycles. The van der Waals surface area contributed by atoms with Gasteiger partial charge >= 0.3 is 0 Å². The summed E-state index contributed by atoms with van der Waals surface area (Å²) in [6.45, 7) is 4.29. The number of halogens is 1.